The zero-order valence-corrected chi connectivity index (χ0v) is 16.0. The van der Waals surface area contributed by atoms with Gasteiger partial charge in [-0.2, -0.15) is 0 Å². The summed E-state index contributed by atoms with van der Waals surface area (Å²) in [5, 5.41) is 4.87. The molecule has 2 aromatic rings. The van der Waals surface area contributed by atoms with Crippen molar-refractivity contribution in [2.24, 2.45) is 0 Å². The number of benzene rings is 1. The minimum Gasteiger partial charge on any atom is -0.455 e. The minimum atomic E-state index is -0.575. The van der Waals surface area contributed by atoms with Crippen LogP contribution in [0.25, 0.3) is 0 Å². The normalized spacial score (nSPS) is 13.6. The van der Waals surface area contributed by atoms with Crippen LogP contribution in [0.15, 0.2) is 29.6 Å². The molecule has 1 aromatic heterocycles. The van der Waals surface area contributed by atoms with Crippen LogP contribution >= 0.6 is 11.3 Å². The highest BCUT2D eigenvalue weighted by Crippen LogP contribution is 2.25. The summed E-state index contributed by atoms with van der Waals surface area (Å²) in [6.45, 7) is 0.484. The number of nitrogens with zero attached hydrogens (tertiary/aromatic N) is 2. The molecule has 3 rings (SSSR count). The Morgan fingerprint density at radius 2 is 2.14 bits per heavy atom. The number of esters is 1. The van der Waals surface area contributed by atoms with Gasteiger partial charge in [0.1, 0.15) is 5.82 Å². The Morgan fingerprint density at radius 3 is 2.89 bits per heavy atom. The van der Waals surface area contributed by atoms with Crippen LogP contribution in [0.5, 0.6) is 0 Å². The Hall–Kier alpha value is -2.81. The molecule has 2 heterocycles. The number of rotatable bonds is 8. The lowest BCUT2D eigenvalue weighted by Crippen LogP contribution is -2.30. The molecular weight excluding hydrogens is 385 g/mol. The van der Waals surface area contributed by atoms with Gasteiger partial charge in [0.2, 0.25) is 5.91 Å². The zero-order valence-electron chi connectivity index (χ0n) is 15.2. The fraction of sp³-hybridized carbons (Fsp3) is 0.368. The van der Waals surface area contributed by atoms with Crippen LogP contribution < -0.4 is 10.2 Å². The third kappa shape index (κ3) is 5.35. The summed E-state index contributed by atoms with van der Waals surface area (Å²) < 4.78 is 18.4. The Labute approximate surface area is 165 Å². The number of nitrogens with one attached hydrogen (secondary N) is 1. The van der Waals surface area contributed by atoms with Gasteiger partial charge < -0.3 is 10.1 Å². The quantitative estimate of drug-likeness (QED) is 0.677. The van der Waals surface area contributed by atoms with Gasteiger partial charge >= 0.3 is 5.97 Å². The van der Waals surface area contributed by atoms with Gasteiger partial charge in [-0.15, -0.1) is 11.3 Å². The molecule has 1 aromatic carbocycles. The molecule has 0 bridgehead atoms. The van der Waals surface area contributed by atoms with E-state index in [1.807, 2.05) is 0 Å². The van der Waals surface area contributed by atoms with E-state index >= 15 is 0 Å². The predicted molar refractivity (Wildman–Crippen MR) is 101 cm³/mol. The van der Waals surface area contributed by atoms with Crippen molar-refractivity contribution >= 4 is 34.3 Å². The Balaban J connectivity index is 1.37. The summed E-state index contributed by atoms with van der Waals surface area (Å²) in [6, 6.07) is 6.35. The lowest BCUT2D eigenvalue weighted by atomic mass is 10.1. The number of ether oxygens (including phenoxy) is 1. The van der Waals surface area contributed by atoms with Gasteiger partial charge in [-0.25, -0.2) is 9.37 Å². The fourth-order valence-electron chi connectivity index (χ4n) is 2.79. The van der Waals surface area contributed by atoms with E-state index in [1.165, 1.54) is 17.4 Å². The number of hydrogen-bond donors (Lipinski definition) is 1. The van der Waals surface area contributed by atoms with Crippen LogP contribution in [0.1, 0.15) is 24.1 Å². The van der Waals surface area contributed by atoms with Crippen molar-refractivity contribution in [1.82, 2.24) is 10.3 Å². The van der Waals surface area contributed by atoms with Crippen molar-refractivity contribution in [1.29, 1.82) is 0 Å². The van der Waals surface area contributed by atoms with Crippen LogP contribution in [0.2, 0.25) is 0 Å². The van der Waals surface area contributed by atoms with Crippen molar-refractivity contribution < 1.29 is 23.5 Å². The maximum atomic E-state index is 13.5. The second-order valence-electron chi connectivity index (χ2n) is 6.30. The van der Waals surface area contributed by atoms with Gasteiger partial charge in [-0.3, -0.25) is 19.3 Å². The molecular formula is C19H20FN3O4S. The van der Waals surface area contributed by atoms with Crippen LogP contribution in [-0.4, -0.2) is 42.5 Å². The first-order valence-electron chi connectivity index (χ1n) is 8.93. The molecule has 0 atom stereocenters. The number of carbonyl (C=O) groups excluding carboxylic acids is 3. The third-order valence-corrected chi connectivity index (χ3v) is 5.12. The monoisotopic (exact) mass is 405 g/mol. The summed E-state index contributed by atoms with van der Waals surface area (Å²) in [5.41, 5.74) is 1.01. The topological polar surface area (TPSA) is 88.6 Å². The molecule has 2 amide bonds. The Kier molecular flexibility index (Phi) is 6.70. The standard InChI is InChI=1S/C19H20FN3O4S/c20-15-5-2-1-4-13(15)7-8-21-16(24)11-27-18(26)10-14-12-28-19(22-14)23-9-3-6-17(23)25/h1-2,4-5,12H,3,6-11H2,(H,21,24). The summed E-state index contributed by atoms with van der Waals surface area (Å²) >= 11 is 1.30. The largest absolute Gasteiger partial charge is 0.455 e. The molecule has 9 heteroatoms. The van der Waals surface area contributed by atoms with Crippen molar-refractivity contribution in [3.05, 3.63) is 46.7 Å². The zero-order chi connectivity index (χ0) is 19.9. The van der Waals surface area contributed by atoms with Gasteiger partial charge in [-0.1, -0.05) is 18.2 Å². The van der Waals surface area contributed by atoms with Gasteiger partial charge in [-0.05, 0) is 24.5 Å². The van der Waals surface area contributed by atoms with E-state index in [0.717, 1.165) is 6.42 Å². The van der Waals surface area contributed by atoms with E-state index in [0.29, 0.717) is 35.8 Å². The average molecular weight is 405 g/mol. The molecule has 28 heavy (non-hydrogen) atoms. The highest BCUT2D eigenvalue weighted by molar-refractivity contribution is 7.14. The molecule has 7 nitrogen and oxygen atoms in total. The van der Waals surface area contributed by atoms with E-state index in [1.54, 1.807) is 28.5 Å². The summed E-state index contributed by atoms with van der Waals surface area (Å²) in [7, 11) is 0. The summed E-state index contributed by atoms with van der Waals surface area (Å²) in [5.74, 6) is -1.31. The molecule has 148 valence electrons. The number of halogens is 1. The molecule has 1 fully saturated rings. The lowest BCUT2D eigenvalue weighted by Gasteiger charge is -2.10. The first-order chi connectivity index (χ1) is 13.5. The molecule has 1 aliphatic rings. The van der Waals surface area contributed by atoms with Crippen LogP contribution in [0.4, 0.5) is 9.52 Å². The third-order valence-electron chi connectivity index (χ3n) is 4.21. The van der Waals surface area contributed by atoms with Crippen molar-refractivity contribution in [3.63, 3.8) is 0 Å². The second-order valence-corrected chi connectivity index (χ2v) is 7.14. The number of hydrogen-bond acceptors (Lipinski definition) is 6. The number of carbonyl (C=O) groups is 3. The van der Waals surface area contributed by atoms with E-state index in [2.05, 4.69) is 10.3 Å². The molecule has 0 radical (unpaired) electrons. The highest BCUT2D eigenvalue weighted by atomic mass is 32.1. The average Bonchev–Trinajstić information content (AvgIpc) is 3.30. The van der Waals surface area contributed by atoms with E-state index in [9.17, 15) is 18.8 Å². The Bertz CT molecular complexity index is 870. The molecule has 0 aliphatic carbocycles. The fourth-order valence-corrected chi connectivity index (χ4v) is 3.65. The molecule has 0 spiro atoms. The van der Waals surface area contributed by atoms with E-state index in [-0.39, 0.29) is 24.7 Å². The van der Waals surface area contributed by atoms with Gasteiger partial charge in [0.15, 0.2) is 11.7 Å². The molecule has 1 N–H and O–H groups in total. The first kappa shape index (κ1) is 19.9. The maximum Gasteiger partial charge on any atom is 0.312 e. The molecule has 0 unspecified atom stereocenters. The molecule has 0 saturated carbocycles. The summed E-state index contributed by atoms with van der Waals surface area (Å²) in [4.78, 5) is 41.2. The van der Waals surface area contributed by atoms with Crippen LogP contribution in [-0.2, 0) is 32.0 Å². The maximum absolute atomic E-state index is 13.5. The second kappa shape index (κ2) is 9.41. The van der Waals surface area contributed by atoms with Crippen molar-refractivity contribution in [2.45, 2.75) is 25.7 Å². The van der Waals surface area contributed by atoms with Gasteiger partial charge in [0.05, 0.1) is 12.1 Å². The van der Waals surface area contributed by atoms with E-state index < -0.39 is 18.5 Å². The van der Waals surface area contributed by atoms with Crippen LogP contribution in [0.3, 0.4) is 0 Å². The highest BCUT2D eigenvalue weighted by Gasteiger charge is 2.24. The minimum absolute atomic E-state index is 0.0375. The first-order valence-corrected chi connectivity index (χ1v) is 9.81. The molecule has 1 saturated heterocycles. The lowest BCUT2D eigenvalue weighted by molar-refractivity contribution is -0.147. The van der Waals surface area contributed by atoms with Gasteiger partial charge in [0, 0.05) is 24.9 Å². The summed E-state index contributed by atoms with van der Waals surface area (Å²) in [6.07, 6.45) is 1.61. The SMILES string of the molecule is O=C(COC(=O)Cc1csc(N2CCCC2=O)n1)NCCc1ccccc1F. The Morgan fingerprint density at radius 1 is 1.32 bits per heavy atom. The van der Waals surface area contributed by atoms with Crippen LogP contribution in [0, 0.1) is 5.82 Å². The predicted octanol–water partition coefficient (Wildman–Crippen LogP) is 1.85. The van der Waals surface area contributed by atoms with E-state index in [4.69, 9.17) is 4.74 Å². The van der Waals surface area contributed by atoms with Crippen molar-refractivity contribution in [2.75, 3.05) is 24.6 Å². The number of amides is 2. The number of thiazole rings is 1. The number of anilines is 1. The van der Waals surface area contributed by atoms with Gasteiger partial charge in [0.25, 0.3) is 5.91 Å². The number of aromatic nitrogens is 1. The smallest absolute Gasteiger partial charge is 0.312 e. The molecule has 1 aliphatic heterocycles. The van der Waals surface area contributed by atoms with Crippen molar-refractivity contribution in [3.8, 4) is 0 Å².